The highest BCUT2D eigenvalue weighted by atomic mass is 127. The van der Waals surface area contributed by atoms with Gasteiger partial charge in [0.05, 0.1) is 0 Å². The van der Waals surface area contributed by atoms with Crippen LogP contribution in [0.15, 0.2) is 64.0 Å². The summed E-state index contributed by atoms with van der Waals surface area (Å²) in [4.78, 5) is 4.33. The van der Waals surface area contributed by atoms with Gasteiger partial charge in [0.15, 0.2) is 5.96 Å². The number of nitrogens with one attached hydrogen (secondary N) is 1. The van der Waals surface area contributed by atoms with Crippen LogP contribution in [0.5, 0.6) is 0 Å². The first-order valence-electron chi connectivity index (χ1n) is 7.38. The number of hydrogen-bond acceptors (Lipinski definition) is 2. The summed E-state index contributed by atoms with van der Waals surface area (Å²) in [5, 5.41) is 4.19. The fourth-order valence-corrected chi connectivity index (χ4v) is 2.33. The Hall–Kier alpha value is -2.02. The number of benzene rings is 2. The molecule has 0 aliphatic heterocycles. The van der Waals surface area contributed by atoms with Gasteiger partial charge in [-0.1, -0.05) is 37.3 Å². The molecule has 3 rings (SSSR count). The standard InChI is InChI=1S/C18H19N3O.HI/c1-2-13-6-5-8-15(10-13)21-18(19)20-12-16-11-14-7-3-4-9-17(14)22-16;/h3-11H,2,12H2,1H3,(H3,19,20,21);1H. The lowest BCUT2D eigenvalue weighted by Gasteiger charge is -2.06. The molecule has 0 saturated carbocycles. The molecule has 23 heavy (non-hydrogen) atoms. The normalized spacial score (nSPS) is 11.3. The number of anilines is 1. The predicted octanol–water partition coefficient (Wildman–Crippen LogP) is 4.54. The second-order valence-corrected chi connectivity index (χ2v) is 5.13. The van der Waals surface area contributed by atoms with Crippen molar-refractivity contribution in [1.29, 1.82) is 0 Å². The van der Waals surface area contributed by atoms with Gasteiger partial charge in [0.2, 0.25) is 0 Å². The first-order chi connectivity index (χ1) is 10.7. The van der Waals surface area contributed by atoms with Crippen LogP contribution in [0.3, 0.4) is 0 Å². The Kier molecular flexibility index (Phi) is 6.04. The van der Waals surface area contributed by atoms with E-state index in [1.54, 1.807) is 0 Å². The zero-order valence-corrected chi connectivity index (χ0v) is 15.3. The highest BCUT2D eigenvalue weighted by Crippen LogP contribution is 2.19. The highest BCUT2D eigenvalue weighted by Gasteiger charge is 2.02. The molecule has 3 N–H and O–H groups in total. The fourth-order valence-electron chi connectivity index (χ4n) is 2.33. The first-order valence-corrected chi connectivity index (χ1v) is 7.38. The minimum atomic E-state index is 0. The van der Waals surface area contributed by atoms with Crippen LogP contribution in [0.4, 0.5) is 5.69 Å². The number of fused-ring (bicyclic) bond motifs is 1. The molecule has 0 atom stereocenters. The molecule has 4 nitrogen and oxygen atoms in total. The van der Waals surface area contributed by atoms with Crippen LogP contribution in [0.1, 0.15) is 18.2 Å². The van der Waals surface area contributed by atoms with E-state index in [2.05, 4.69) is 29.4 Å². The van der Waals surface area contributed by atoms with Crippen LogP contribution in [0.25, 0.3) is 11.0 Å². The summed E-state index contributed by atoms with van der Waals surface area (Å²) in [7, 11) is 0. The Morgan fingerprint density at radius 1 is 1.13 bits per heavy atom. The lowest BCUT2D eigenvalue weighted by molar-refractivity contribution is 0.553. The molecule has 1 heterocycles. The number of hydrogen-bond donors (Lipinski definition) is 2. The Bertz CT molecular complexity index is 778. The van der Waals surface area contributed by atoms with Crippen LogP contribution < -0.4 is 11.1 Å². The van der Waals surface area contributed by atoms with Gasteiger partial charge in [0, 0.05) is 11.1 Å². The molecule has 0 aliphatic rings. The van der Waals surface area contributed by atoms with Crippen molar-refractivity contribution in [1.82, 2.24) is 0 Å². The van der Waals surface area contributed by atoms with Crippen molar-refractivity contribution in [2.45, 2.75) is 19.9 Å². The van der Waals surface area contributed by atoms with E-state index in [0.29, 0.717) is 12.5 Å². The Labute approximate surface area is 152 Å². The second-order valence-electron chi connectivity index (χ2n) is 5.13. The van der Waals surface area contributed by atoms with E-state index in [1.807, 2.05) is 42.5 Å². The molecule has 0 saturated heterocycles. The SMILES string of the molecule is CCc1cccc(NC(N)=NCc2cc3ccccc3o2)c1.I. The van der Waals surface area contributed by atoms with E-state index < -0.39 is 0 Å². The molecule has 5 heteroatoms. The summed E-state index contributed by atoms with van der Waals surface area (Å²) in [6, 6.07) is 18.0. The van der Waals surface area contributed by atoms with Gasteiger partial charge < -0.3 is 15.5 Å². The van der Waals surface area contributed by atoms with Crippen molar-refractivity contribution in [2.75, 3.05) is 5.32 Å². The van der Waals surface area contributed by atoms with Gasteiger partial charge in [-0.05, 0) is 36.2 Å². The van der Waals surface area contributed by atoms with Gasteiger partial charge in [-0.15, -0.1) is 24.0 Å². The maximum absolute atomic E-state index is 5.94. The number of rotatable bonds is 4. The summed E-state index contributed by atoms with van der Waals surface area (Å²) < 4.78 is 5.71. The average Bonchev–Trinajstić information content (AvgIpc) is 2.96. The van der Waals surface area contributed by atoms with E-state index in [-0.39, 0.29) is 24.0 Å². The van der Waals surface area contributed by atoms with E-state index in [0.717, 1.165) is 28.8 Å². The van der Waals surface area contributed by atoms with Gasteiger partial charge in [-0.25, -0.2) is 4.99 Å². The van der Waals surface area contributed by atoms with Crippen LogP contribution in [-0.4, -0.2) is 5.96 Å². The Morgan fingerprint density at radius 2 is 1.96 bits per heavy atom. The predicted molar refractivity (Wildman–Crippen MR) is 106 cm³/mol. The number of nitrogens with zero attached hydrogens (tertiary/aromatic N) is 1. The van der Waals surface area contributed by atoms with Crippen LogP contribution in [-0.2, 0) is 13.0 Å². The monoisotopic (exact) mass is 421 g/mol. The number of aliphatic imine (C=N–C) groups is 1. The van der Waals surface area contributed by atoms with Crippen LogP contribution in [0.2, 0.25) is 0 Å². The minimum absolute atomic E-state index is 0. The lowest BCUT2D eigenvalue weighted by atomic mass is 10.1. The van der Waals surface area contributed by atoms with Gasteiger partial charge >= 0.3 is 0 Å². The van der Waals surface area contributed by atoms with Crippen LogP contribution in [0, 0.1) is 0 Å². The summed E-state index contributed by atoms with van der Waals surface area (Å²) in [6.07, 6.45) is 0.992. The van der Waals surface area contributed by atoms with Crippen molar-refractivity contribution in [3.8, 4) is 0 Å². The smallest absolute Gasteiger partial charge is 0.193 e. The van der Waals surface area contributed by atoms with Crippen molar-refractivity contribution in [3.05, 3.63) is 65.9 Å². The third kappa shape index (κ3) is 4.48. The van der Waals surface area contributed by atoms with Gasteiger partial charge in [0.1, 0.15) is 17.9 Å². The summed E-state index contributed by atoms with van der Waals surface area (Å²) in [5.74, 6) is 1.18. The molecule has 0 bridgehead atoms. The summed E-state index contributed by atoms with van der Waals surface area (Å²) >= 11 is 0. The molecule has 0 radical (unpaired) electrons. The second kappa shape index (κ2) is 8.01. The topological polar surface area (TPSA) is 63.5 Å². The minimum Gasteiger partial charge on any atom is -0.459 e. The number of furan rings is 1. The molecule has 120 valence electrons. The fraction of sp³-hybridized carbons (Fsp3) is 0.167. The molecule has 0 spiro atoms. The van der Waals surface area contributed by atoms with E-state index in [9.17, 15) is 0 Å². The van der Waals surface area contributed by atoms with Crippen molar-refractivity contribution in [2.24, 2.45) is 10.7 Å². The van der Waals surface area contributed by atoms with Crippen LogP contribution >= 0.6 is 24.0 Å². The number of para-hydroxylation sites is 1. The van der Waals surface area contributed by atoms with Crippen molar-refractivity contribution < 1.29 is 4.42 Å². The van der Waals surface area contributed by atoms with Gasteiger partial charge in [-0.2, -0.15) is 0 Å². The Morgan fingerprint density at radius 3 is 2.74 bits per heavy atom. The molecule has 3 aromatic rings. The summed E-state index contributed by atoms with van der Waals surface area (Å²) in [5.41, 5.74) is 9.02. The van der Waals surface area contributed by atoms with E-state index in [1.165, 1.54) is 5.56 Å². The molecular weight excluding hydrogens is 401 g/mol. The number of nitrogens with two attached hydrogens (primary N) is 1. The highest BCUT2D eigenvalue weighted by molar-refractivity contribution is 14.0. The van der Waals surface area contributed by atoms with Gasteiger partial charge in [0.25, 0.3) is 0 Å². The average molecular weight is 421 g/mol. The molecule has 0 fully saturated rings. The molecule has 2 aromatic carbocycles. The first kappa shape index (κ1) is 17.3. The zero-order chi connectivity index (χ0) is 15.4. The summed E-state index contributed by atoms with van der Waals surface area (Å²) in [6.45, 7) is 2.54. The molecule has 1 aromatic heterocycles. The van der Waals surface area contributed by atoms with E-state index in [4.69, 9.17) is 10.2 Å². The third-order valence-corrected chi connectivity index (χ3v) is 3.49. The molecule has 0 unspecified atom stereocenters. The van der Waals surface area contributed by atoms with Crippen molar-refractivity contribution >= 4 is 46.6 Å². The quantitative estimate of drug-likeness (QED) is 0.370. The molecule has 0 amide bonds. The van der Waals surface area contributed by atoms with E-state index >= 15 is 0 Å². The maximum atomic E-state index is 5.94. The Balaban J connectivity index is 0.00000192. The zero-order valence-electron chi connectivity index (χ0n) is 13.0. The van der Waals surface area contributed by atoms with Crippen molar-refractivity contribution in [3.63, 3.8) is 0 Å². The number of halogens is 1. The number of aryl methyl sites for hydroxylation is 1. The maximum Gasteiger partial charge on any atom is 0.193 e. The third-order valence-electron chi connectivity index (χ3n) is 3.49. The lowest BCUT2D eigenvalue weighted by Crippen LogP contribution is -2.22. The number of guanidine groups is 1. The molecule has 0 aliphatic carbocycles. The van der Waals surface area contributed by atoms with Gasteiger partial charge in [-0.3, -0.25) is 0 Å². The largest absolute Gasteiger partial charge is 0.459 e. The molecular formula is C18H20IN3O.